The summed E-state index contributed by atoms with van der Waals surface area (Å²) < 4.78 is 11.4. The number of piperidine rings is 1. The van der Waals surface area contributed by atoms with Crippen LogP contribution in [0.2, 0.25) is 0 Å². The van der Waals surface area contributed by atoms with Crippen LogP contribution in [-0.2, 0) is 10.2 Å². The molecule has 0 unspecified atom stereocenters. The molecule has 0 saturated carbocycles. The fourth-order valence-corrected chi connectivity index (χ4v) is 4.60. The molecule has 176 valence electrons. The topological polar surface area (TPSA) is 58.1 Å². The van der Waals surface area contributed by atoms with Crippen molar-refractivity contribution >= 4 is 29.9 Å². The van der Waals surface area contributed by atoms with Crippen LogP contribution in [-0.4, -0.2) is 70.5 Å². The lowest BCUT2D eigenvalue weighted by atomic mass is 9.73. The molecular formula is C24H41IN4O2. The van der Waals surface area contributed by atoms with Crippen LogP contribution in [0, 0.1) is 6.92 Å². The molecule has 2 fully saturated rings. The number of nitrogens with one attached hydrogen (secondary N) is 2. The Morgan fingerprint density at radius 1 is 1.16 bits per heavy atom. The third-order valence-electron chi connectivity index (χ3n) is 6.43. The number of hydrogen-bond acceptors (Lipinski definition) is 4. The summed E-state index contributed by atoms with van der Waals surface area (Å²) in [5, 5.41) is 6.98. The number of rotatable bonds is 8. The van der Waals surface area contributed by atoms with Gasteiger partial charge < -0.3 is 25.0 Å². The Bertz CT molecular complexity index is 686. The summed E-state index contributed by atoms with van der Waals surface area (Å²) in [7, 11) is 1.76. The molecule has 6 nitrogen and oxygen atoms in total. The lowest BCUT2D eigenvalue weighted by Gasteiger charge is -2.37. The highest BCUT2D eigenvalue weighted by molar-refractivity contribution is 14.0. The molecule has 2 heterocycles. The fraction of sp³-hybridized carbons (Fsp3) is 0.708. The van der Waals surface area contributed by atoms with Crippen molar-refractivity contribution in [2.75, 3.05) is 59.6 Å². The second-order valence-corrected chi connectivity index (χ2v) is 8.62. The molecule has 2 aliphatic heterocycles. The van der Waals surface area contributed by atoms with Crippen LogP contribution in [0.4, 0.5) is 0 Å². The quantitative estimate of drug-likeness (QED) is 0.297. The van der Waals surface area contributed by atoms with Crippen LogP contribution in [0.1, 0.15) is 50.2 Å². The van der Waals surface area contributed by atoms with Crippen LogP contribution in [0.5, 0.6) is 5.75 Å². The minimum absolute atomic E-state index is 0. The Kier molecular flexibility index (Phi) is 11.4. The van der Waals surface area contributed by atoms with Gasteiger partial charge in [0.2, 0.25) is 0 Å². The summed E-state index contributed by atoms with van der Waals surface area (Å²) in [6.45, 7) is 11.9. The largest absolute Gasteiger partial charge is 0.496 e. The Morgan fingerprint density at radius 2 is 1.90 bits per heavy atom. The lowest BCUT2D eigenvalue weighted by molar-refractivity contribution is 0.0522. The van der Waals surface area contributed by atoms with Gasteiger partial charge in [0, 0.05) is 43.8 Å². The van der Waals surface area contributed by atoms with E-state index in [1.54, 1.807) is 7.11 Å². The van der Waals surface area contributed by atoms with Gasteiger partial charge in [0.25, 0.3) is 0 Å². The van der Waals surface area contributed by atoms with Crippen molar-refractivity contribution < 1.29 is 9.47 Å². The Morgan fingerprint density at radius 3 is 2.58 bits per heavy atom. The molecule has 0 atom stereocenters. The average Bonchev–Trinajstić information content (AvgIpc) is 2.79. The van der Waals surface area contributed by atoms with Gasteiger partial charge in [-0.15, -0.1) is 24.0 Å². The van der Waals surface area contributed by atoms with Crippen LogP contribution in [0.15, 0.2) is 23.2 Å². The molecule has 31 heavy (non-hydrogen) atoms. The average molecular weight is 545 g/mol. The van der Waals surface area contributed by atoms with Gasteiger partial charge >= 0.3 is 0 Å². The number of aryl methyl sites for hydroxylation is 1. The monoisotopic (exact) mass is 544 g/mol. The zero-order valence-electron chi connectivity index (χ0n) is 19.5. The number of ether oxygens (including phenoxy) is 2. The molecule has 1 aromatic carbocycles. The van der Waals surface area contributed by atoms with Gasteiger partial charge in [0.15, 0.2) is 5.96 Å². The summed E-state index contributed by atoms with van der Waals surface area (Å²) in [6, 6.07) is 6.48. The zero-order valence-corrected chi connectivity index (χ0v) is 21.9. The van der Waals surface area contributed by atoms with Crippen LogP contribution in [0.25, 0.3) is 0 Å². The second kappa shape index (κ2) is 13.5. The molecular weight excluding hydrogens is 503 g/mol. The first-order valence-electron chi connectivity index (χ1n) is 11.6. The predicted molar refractivity (Wildman–Crippen MR) is 139 cm³/mol. The predicted octanol–water partition coefficient (Wildman–Crippen LogP) is 3.71. The summed E-state index contributed by atoms with van der Waals surface area (Å²) in [4.78, 5) is 7.59. The van der Waals surface area contributed by atoms with E-state index in [-0.39, 0.29) is 29.4 Å². The number of likely N-dealkylation sites (tertiary alicyclic amines) is 1. The van der Waals surface area contributed by atoms with E-state index >= 15 is 0 Å². The van der Waals surface area contributed by atoms with Gasteiger partial charge in [-0.25, -0.2) is 0 Å². The van der Waals surface area contributed by atoms with E-state index in [4.69, 9.17) is 14.5 Å². The normalized spacial score (nSPS) is 19.4. The molecule has 2 saturated heterocycles. The van der Waals surface area contributed by atoms with E-state index < -0.39 is 0 Å². The van der Waals surface area contributed by atoms with E-state index in [0.29, 0.717) is 0 Å². The van der Waals surface area contributed by atoms with Crippen LogP contribution < -0.4 is 15.4 Å². The summed E-state index contributed by atoms with van der Waals surface area (Å²) >= 11 is 0. The highest BCUT2D eigenvalue weighted by atomic mass is 127. The molecule has 7 heteroatoms. The molecule has 2 aliphatic rings. The number of hydrogen-bond donors (Lipinski definition) is 2. The fourth-order valence-electron chi connectivity index (χ4n) is 4.60. The van der Waals surface area contributed by atoms with Crippen molar-refractivity contribution in [1.82, 2.24) is 15.5 Å². The summed E-state index contributed by atoms with van der Waals surface area (Å²) in [5.74, 6) is 1.87. The van der Waals surface area contributed by atoms with Gasteiger partial charge in [-0.1, -0.05) is 24.1 Å². The number of aliphatic imine (C=N–C) groups is 1. The van der Waals surface area contributed by atoms with Crippen molar-refractivity contribution in [3.8, 4) is 5.75 Å². The van der Waals surface area contributed by atoms with Crippen LogP contribution in [0.3, 0.4) is 0 Å². The molecule has 3 rings (SSSR count). The third-order valence-corrected chi connectivity index (χ3v) is 6.43. The van der Waals surface area contributed by atoms with Gasteiger partial charge in [0.1, 0.15) is 5.75 Å². The van der Waals surface area contributed by atoms with E-state index in [2.05, 4.69) is 47.6 Å². The second-order valence-electron chi connectivity index (χ2n) is 8.62. The van der Waals surface area contributed by atoms with E-state index in [1.165, 1.54) is 43.5 Å². The van der Waals surface area contributed by atoms with Crippen molar-refractivity contribution in [3.63, 3.8) is 0 Å². The summed E-state index contributed by atoms with van der Waals surface area (Å²) in [5.41, 5.74) is 2.47. The minimum atomic E-state index is -0.0508. The molecule has 0 spiro atoms. The number of nitrogens with zero attached hydrogens (tertiary/aromatic N) is 2. The molecule has 2 N–H and O–H groups in total. The highest BCUT2D eigenvalue weighted by Crippen LogP contribution is 2.40. The van der Waals surface area contributed by atoms with E-state index in [1.807, 2.05) is 0 Å². The van der Waals surface area contributed by atoms with Gasteiger partial charge in [-0.05, 0) is 58.7 Å². The minimum Gasteiger partial charge on any atom is -0.496 e. The van der Waals surface area contributed by atoms with Gasteiger partial charge in [-0.3, -0.25) is 4.99 Å². The third kappa shape index (κ3) is 7.49. The standard InChI is InChI=1S/C24H40N4O2.HI/c1-4-25-23(26-12-15-28-13-6-5-7-14-28)27-19-24(10-16-30-17-11-24)21-18-20(2)8-9-22(21)29-3;/h8-9,18H,4-7,10-17,19H2,1-3H3,(H2,25,26,27);1H. The first-order valence-corrected chi connectivity index (χ1v) is 11.6. The molecule has 0 bridgehead atoms. The number of halogens is 1. The number of methoxy groups -OCH3 is 1. The molecule has 1 aromatic rings. The highest BCUT2D eigenvalue weighted by Gasteiger charge is 2.37. The lowest BCUT2D eigenvalue weighted by Crippen LogP contribution is -2.44. The van der Waals surface area contributed by atoms with Crippen molar-refractivity contribution in [1.29, 1.82) is 0 Å². The van der Waals surface area contributed by atoms with Crippen molar-refractivity contribution in [2.24, 2.45) is 4.99 Å². The molecule has 0 amide bonds. The molecule has 0 aliphatic carbocycles. The number of benzene rings is 1. The zero-order chi connectivity index (χ0) is 21.2. The first kappa shape index (κ1) is 26.2. The first-order chi connectivity index (χ1) is 14.7. The Balaban J connectivity index is 0.00000341. The maximum absolute atomic E-state index is 5.74. The maximum Gasteiger partial charge on any atom is 0.191 e. The van der Waals surface area contributed by atoms with Crippen LogP contribution >= 0.6 is 24.0 Å². The smallest absolute Gasteiger partial charge is 0.191 e. The van der Waals surface area contributed by atoms with Crippen molar-refractivity contribution in [3.05, 3.63) is 29.3 Å². The Labute approximate surface area is 205 Å². The Hall–Kier alpha value is -1.06. The number of guanidine groups is 1. The van der Waals surface area contributed by atoms with Crippen molar-refractivity contribution in [2.45, 2.75) is 51.4 Å². The van der Waals surface area contributed by atoms with E-state index in [0.717, 1.165) is 63.9 Å². The molecule has 0 radical (unpaired) electrons. The SMILES string of the molecule is CCNC(=NCC1(c2cc(C)ccc2OC)CCOCC1)NCCN1CCCCC1.I. The van der Waals surface area contributed by atoms with E-state index in [9.17, 15) is 0 Å². The van der Waals surface area contributed by atoms with Gasteiger partial charge in [0.05, 0.1) is 13.7 Å². The summed E-state index contributed by atoms with van der Waals surface area (Å²) in [6.07, 6.45) is 5.96. The molecule has 0 aromatic heterocycles. The maximum atomic E-state index is 5.74. The van der Waals surface area contributed by atoms with Gasteiger partial charge in [-0.2, -0.15) is 0 Å².